The lowest BCUT2D eigenvalue weighted by molar-refractivity contribution is 0.311. The molecule has 2 rings (SSSR count). The molecule has 0 saturated heterocycles. The largest absolute Gasteiger partial charge is 0.403 e. The van der Waals surface area contributed by atoms with Crippen LogP contribution in [-0.4, -0.2) is 29.9 Å². The van der Waals surface area contributed by atoms with Crippen molar-refractivity contribution in [3.05, 3.63) is 72.3 Å². The van der Waals surface area contributed by atoms with Gasteiger partial charge in [-0.3, -0.25) is 4.57 Å². The zero-order valence-electron chi connectivity index (χ0n) is 20.3. The molecule has 0 aliphatic rings. The minimum Gasteiger partial charge on any atom is -0.403 e. The number of allylic oxidation sites excluding steroid dienone is 1. The Bertz CT molecular complexity index is 886. The van der Waals surface area contributed by atoms with E-state index in [-0.39, 0.29) is 5.04 Å². The zero-order chi connectivity index (χ0) is 24.0. The molecule has 0 aromatic heterocycles. The van der Waals surface area contributed by atoms with Gasteiger partial charge in [-0.2, -0.15) is 0 Å². The van der Waals surface area contributed by atoms with Crippen LogP contribution in [0.2, 0.25) is 5.04 Å². The van der Waals surface area contributed by atoms with Gasteiger partial charge in [0.15, 0.2) is 0 Å². The molecule has 0 aliphatic carbocycles. The van der Waals surface area contributed by atoms with Gasteiger partial charge in [-0.15, -0.1) is 0 Å². The molecule has 0 radical (unpaired) electrons. The quantitative estimate of drug-likeness (QED) is 0.266. The van der Waals surface area contributed by atoms with E-state index < -0.39 is 21.1 Å². The van der Waals surface area contributed by atoms with E-state index in [9.17, 15) is 14.4 Å². The van der Waals surface area contributed by atoms with Crippen molar-refractivity contribution in [1.82, 2.24) is 0 Å². The minimum absolute atomic E-state index is 0.113. The van der Waals surface area contributed by atoms with Crippen LogP contribution in [0.4, 0.5) is 0 Å². The number of hydrogen-bond acceptors (Lipinski definition) is 2. The van der Waals surface area contributed by atoms with Gasteiger partial charge in [-0.25, -0.2) is 0 Å². The molecule has 0 bridgehead atoms. The minimum atomic E-state index is -4.21. The SMILES string of the molecule is CCC(CC)(CC=C(C)CO[Si](c1ccccc1)(c1ccccc1)C(C)(C)C)P(=O)(O)O. The monoisotopic (exact) mass is 474 g/mol. The van der Waals surface area contributed by atoms with E-state index in [1.54, 1.807) is 0 Å². The summed E-state index contributed by atoms with van der Waals surface area (Å²) in [4.78, 5) is 19.9. The highest BCUT2D eigenvalue weighted by atomic mass is 31.2. The summed E-state index contributed by atoms with van der Waals surface area (Å²) in [5.74, 6) is 0. The lowest BCUT2D eigenvalue weighted by Crippen LogP contribution is -2.66. The van der Waals surface area contributed by atoms with E-state index >= 15 is 0 Å². The maximum atomic E-state index is 12.2. The van der Waals surface area contributed by atoms with E-state index in [4.69, 9.17) is 4.43 Å². The first-order valence-electron chi connectivity index (χ1n) is 11.4. The standard InChI is InChI=1S/C26H39O4PSi/c1-7-26(8-2,31(27,28)29)20-19-22(3)21-30-32(25(4,5)6,23-15-11-9-12-16-23)24-17-13-10-14-18-24/h9-19H,7-8,20-21H2,1-6H3,(H2,27,28,29). The highest BCUT2D eigenvalue weighted by Crippen LogP contribution is 2.56. The molecule has 2 aromatic carbocycles. The van der Waals surface area contributed by atoms with Crippen molar-refractivity contribution < 1.29 is 18.8 Å². The van der Waals surface area contributed by atoms with Gasteiger partial charge in [0.2, 0.25) is 0 Å². The molecule has 0 heterocycles. The highest BCUT2D eigenvalue weighted by molar-refractivity contribution is 7.53. The second kappa shape index (κ2) is 10.6. The Morgan fingerprint density at radius 2 is 1.38 bits per heavy atom. The van der Waals surface area contributed by atoms with E-state index in [2.05, 4.69) is 69.3 Å². The Labute approximate surface area is 195 Å². The van der Waals surface area contributed by atoms with Crippen LogP contribution >= 0.6 is 7.60 Å². The molecule has 2 aromatic rings. The van der Waals surface area contributed by atoms with Gasteiger partial charge in [0.05, 0.1) is 11.8 Å². The van der Waals surface area contributed by atoms with Gasteiger partial charge in [0.1, 0.15) is 0 Å². The van der Waals surface area contributed by atoms with E-state index in [1.807, 2.05) is 39.0 Å². The molecule has 0 fully saturated rings. The van der Waals surface area contributed by atoms with Crippen LogP contribution in [0, 0.1) is 0 Å². The van der Waals surface area contributed by atoms with Crippen molar-refractivity contribution in [2.75, 3.05) is 6.61 Å². The zero-order valence-corrected chi connectivity index (χ0v) is 22.2. The lowest BCUT2D eigenvalue weighted by Gasteiger charge is -2.43. The molecule has 176 valence electrons. The summed E-state index contributed by atoms with van der Waals surface area (Å²) in [6.07, 6.45) is 3.18. The van der Waals surface area contributed by atoms with Gasteiger partial charge in [-0.05, 0) is 41.6 Å². The normalized spacial score (nSPS) is 13.9. The molecule has 0 amide bonds. The fourth-order valence-corrected chi connectivity index (χ4v) is 10.2. The Morgan fingerprint density at radius 1 is 0.938 bits per heavy atom. The third-order valence-electron chi connectivity index (χ3n) is 6.70. The molecule has 0 aliphatic heterocycles. The van der Waals surface area contributed by atoms with Crippen molar-refractivity contribution in [2.45, 2.75) is 71.0 Å². The smallest absolute Gasteiger partial charge is 0.331 e. The molecule has 4 nitrogen and oxygen atoms in total. The highest BCUT2D eigenvalue weighted by Gasteiger charge is 2.50. The van der Waals surface area contributed by atoms with Crippen LogP contribution in [0.15, 0.2) is 72.3 Å². The molecule has 32 heavy (non-hydrogen) atoms. The van der Waals surface area contributed by atoms with E-state index in [0.29, 0.717) is 25.9 Å². The van der Waals surface area contributed by atoms with Gasteiger partial charge >= 0.3 is 7.60 Å². The molecular weight excluding hydrogens is 435 g/mol. The summed E-state index contributed by atoms with van der Waals surface area (Å²) in [7, 11) is -6.85. The summed E-state index contributed by atoms with van der Waals surface area (Å²) in [5, 5.41) is 1.32. The van der Waals surface area contributed by atoms with E-state index in [1.165, 1.54) is 10.4 Å². The number of hydrogen-bond donors (Lipinski definition) is 2. The summed E-state index contributed by atoms with van der Waals surface area (Å²) >= 11 is 0. The third kappa shape index (κ3) is 5.52. The average Bonchev–Trinajstić information content (AvgIpc) is 2.75. The van der Waals surface area contributed by atoms with Crippen LogP contribution < -0.4 is 10.4 Å². The van der Waals surface area contributed by atoms with Crippen molar-refractivity contribution in [1.29, 1.82) is 0 Å². The molecule has 0 atom stereocenters. The number of rotatable bonds is 10. The molecule has 0 saturated carbocycles. The van der Waals surface area contributed by atoms with E-state index in [0.717, 1.165) is 5.57 Å². The summed E-state index contributed by atoms with van der Waals surface area (Å²) < 4.78 is 19.1. The van der Waals surface area contributed by atoms with Crippen LogP contribution in [0.5, 0.6) is 0 Å². The maximum Gasteiger partial charge on any atom is 0.331 e. The lowest BCUT2D eigenvalue weighted by atomic mass is 9.97. The van der Waals surface area contributed by atoms with Crippen LogP contribution in [0.1, 0.15) is 60.8 Å². The van der Waals surface area contributed by atoms with Crippen LogP contribution in [0.3, 0.4) is 0 Å². The molecule has 0 spiro atoms. The second-order valence-corrected chi connectivity index (χ2v) is 16.0. The van der Waals surface area contributed by atoms with Gasteiger partial charge in [0, 0.05) is 0 Å². The summed E-state index contributed by atoms with van der Waals surface area (Å²) in [5.41, 5.74) is 0.998. The van der Waals surface area contributed by atoms with Gasteiger partial charge in [-0.1, -0.05) is 107 Å². The topological polar surface area (TPSA) is 66.8 Å². The fraction of sp³-hybridized carbons (Fsp3) is 0.462. The van der Waals surface area contributed by atoms with Gasteiger partial charge < -0.3 is 14.2 Å². The number of benzene rings is 2. The first-order chi connectivity index (χ1) is 14.9. The molecule has 0 unspecified atom stereocenters. The van der Waals surface area contributed by atoms with Crippen LogP contribution in [0.25, 0.3) is 0 Å². The molecule has 2 N–H and O–H groups in total. The Kier molecular flexibility index (Phi) is 8.88. The molecular formula is C26H39O4PSi. The first kappa shape index (κ1) is 26.8. The second-order valence-electron chi connectivity index (χ2n) is 9.68. The van der Waals surface area contributed by atoms with Crippen molar-refractivity contribution >= 4 is 26.3 Å². The predicted molar refractivity (Wildman–Crippen MR) is 137 cm³/mol. The average molecular weight is 475 g/mol. The Balaban J connectivity index is 2.44. The summed E-state index contributed by atoms with van der Waals surface area (Å²) in [6, 6.07) is 21.0. The Hall–Kier alpha value is -1.49. The van der Waals surface area contributed by atoms with Gasteiger partial charge in [0.25, 0.3) is 8.32 Å². The Morgan fingerprint density at radius 3 is 1.72 bits per heavy atom. The first-order valence-corrected chi connectivity index (χ1v) is 14.9. The molecule has 6 heteroatoms. The van der Waals surface area contributed by atoms with Crippen molar-refractivity contribution in [2.24, 2.45) is 0 Å². The van der Waals surface area contributed by atoms with Crippen LogP contribution in [-0.2, 0) is 8.99 Å². The van der Waals surface area contributed by atoms with Crippen molar-refractivity contribution in [3.63, 3.8) is 0 Å². The predicted octanol–water partition coefficient (Wildman–Crippen LogP) is 5.64. The van der Waals surface area contributed by atoms with Crippen molar-refractivity contribution in [3.8, 4) is 0 Å². The summed E-state index contributed by atoms with van der Waals surface area (Å²) in [6.45, 7) is 12.8. The maximum absolute atomic E-state index is 12.2. The fourth-order valence-electron chi connectivity index (χ4n) is 4.48. The third-order valence-corrected chi connectivity index (χ3v) is 13.7.